The molecule has 2 rings (SSSR count). The summed E-state index contributed by atoms with van der Waals surface area (Å²) in [5, 5.41) is 2.89. The number of aromatic nitrogens is 2. The first kappa shape index (κ1) is 18.3. The fraction of sp³-hybridized carbons (Fsp3) is 0.579. The Hall–Kier alpha value is -2.04. The zero-order valence-corrected chi connectivity index (χ0v) is 14.6. The van der Waals surface area contributed by atoms with Crippen LogP contribution in [0.2, 0.25) is 0 Å². The summed E-state index contributed by atoms with van der Waals surface area (Å²) in [7, 11) is 0. The lowest BCUT2D eigenvalue weighted by atomic mass is 10.1. The summed E-state index contributed by atoms with van der Waals surface area (Å²) in [6.07, 6.45) is 11.8. The maximum Gasteiger partial charge on any atom is 0.323 e. The van der Waals surface area contributed by atoms with Gasteiger partial charge in [0.05, 0.1) is 11.0 Å². The first-order valence-electron chi connectivity index (χ1n) is 9.21. The Morgan fingerprint density at radius 3 is 2.25 bits per heavy atom. The van der Waals surface area contributed by atoms with Crippen molar-refractivity contribution in [1.82, 2.24) is 9.97 Å². The number of anilines is 1. The molecule has 0 fully saturated rings. The number of H-pyrrole nitrogens is 2. The Bertz CT molecular complexity index is 687. The summed E-state index contributed by atoms with van der Waals surface area (Å²) in [6, 6.07) is 5.38. The Morgan fingerprint density at radius 1 is 0.917 bits per heavy atom. The summed E-state index contributed by atoms with van der Waals surface area (Å²) in [4.78, 5) is 28.6. The van der Waals surface area contributed by atoms with Gasteiger partial charge < -0.3 is 15.3 Å². The van der Waals surface area contributed by atoms with E-state index in [4.69, 9.17) is 0 Å². The molecule has 0 bridgehead atoms. The van der Waals surface area contributed by atoms with E-state index in [1.807, 2.05) is 0 Å². The van der Waals surface area contributed by atoms with E-state index < -0.39 is 0 Å². The third-order valence-electron chi connectivity index (χ3n) is 4.31. The van der Waals surface area contributed by atoms with Crippen LogP contribution >= 0.6 is 0 Å². The van der Waals surface area contributed by atoms with E-state index in [1.165, 1.54) is 44.9 Å². The number of hydrogen-bond donors (Lipinski definition) is 3. The first-order valence-corrected chi connectivity index (χ1v) is 9.21. The molecule has 5 heteroatoms. The Morgan fingerprint density at radius 2 is 1.54 bits per heavy atom. The molecule has 132 valence electrons. The number of nitrogens with one attached hydrogen (secondary N) is 3. The minimum atomic E-state index is -0.233. The van der Waals surface area contributed by atoms with Gasteiger partial charge in [-0.1, -0.05) is 58.3 Å². The number of carbonyl (C=O) groups excluding carboxylic acids is 1. The highest BCUT2D eigenvalue weighted by Gasteiger charge is 2.04. The average molecular weight is 331 g/mol. The fourth-order valence-corrected chi connectivity index (χ4v) is 2.93. The van der Waals surface area contributed by atoms with Gasteiger partial charge in [0.2, 0.25) is 5.91 Å². The molecule has 0 radical (unpaired) electrons. The van der Waals surface area contributed by atoms with Crippen molar-refractivity contribution in [2.75, 3.05) is 5.32 Å². The number of fused-ring (bicyclic) bond motifs is 1. The standard InChI is InChI=1S/C19H29N3O2/c1-2-3-4-5-6-7-8-9-10-11-18(23)20-15-12-13-16-17(14-15)22-19(24)21-16/h12-14H,2-11H2,1H3,(H,20,23)(H2,21,22,24). The van der Waals surface area contributed by atoms with E-state index in [1.54, 1.807) is 18.2 Å². The van der Waals surface area contributed by atoms with Gasteiger partial charge >= 0.3 is 5.69 Å². The van der Waals surface area contributed by atoms with E-state index in [2.05, 4.69) is 22.2 Å². The van der Waals surface area contributed by atoms with Crippen LogP contribution in [0.4, 0.5) is 5.69 Å². The summed E-state index contributed by atoms with van der Waals surface area (Å²) in [5.41, 5.74) is 1.94. The molecule has 0 spiro atoms. The lowest BCUT2D eigenvalue weighted by molar-refractivity contribution is -0.116. The zero-order chi connectivity index (χ0) is 17.2. The number of hydrogen-bond acceptors (Lipinski definition) is 2. The highest BCUT2D eigenvalue weighted by Crippen LogP contribution is 2.15. The van der Waals surface area contributed by atoms with Gasteiger partial charge in [-0.2, -0.15) is 0 Å². The Labute approximate surface area is 143 Å². The quantitative estimate of drug-likeness (QED) is 0.521. The van der Waals surface area contributed by atoms with Crippen LogP contribution in [0, 0.1) is 0 Å². The normalized spacial score (nSPS) is 11.0. The van der Waals surface area contributed by atoms with Gasteiger partial charge in [-0.25, -0.2) is 4.79 Å². The minimum Gasteiger partial charge on any atom is -0.326 e. The number of carbonyl (C=O) groups is 1. The predicted octanol–water partition coefficient (Wildman–Crippen LogP) is 4.72. The molecular weight excluding hydrogens is 302 g/mol. The SMILES string of the molecule is CCCCCCCCCCCC(=O)Nc1ccc2[nH]c(=O)[nH]c2c1. The smallest absolute Gasteiger partial charge is 0.323 e. The van der Waals surface area contributed by atoms with Crippen LogP contribution in [0.15, 0.2) is 23.0 Å². The third-order valence-corrected chi connectivity index (χ3v) is 4.31. The number of unbranched alkanes of at least 4 members (excludes halogenated alkanes) is 8. The van der Waals surface area contributed by atoms with Gasteiger partial charge in [-0.15, -0.1) is 0 Å². The number of benzene rings is 1. The highest BCUT2D eigenvalue weighted by molar-refractivity contribution is 5.92. The zero-order valence-electron chi connectivity index (χ0n) is 14.6. The summed E-state index contributed by atoms with van der Waals surface area (Å²) >= 11 is 0. The van der Waals surface area contributed by atoms with Crippen LogP contribution in [0.25, 0.3) is 11.0 Å². The van der Waals surface area contributed by atoms with E-state index in [0.717, 1.165) is 24.0 Å². The average Bonchev–Trinajstić information content (AvgIpc) is 2.92. The largest absolute Gasteiger partial charge is 0.326 e. The van der Waals surface area contributed by atoms with E-state index >= 15 is 0 Å². The second-order valence-electron chi connectivity index (χ2n) is 6.47. The van der Waals surface area contributed by atoms with E-state index in [-0.39, 0.29) is 11.6 Å². The lowest BCUT2D eigenvalue weighted by Crippen LogP contribution is -2.10. The van der Waals surface area contributed by atoms with Crippen LogP contribution in [0.3, 0.4) is 0 Å². The lowest BCUT2D eigenvalue weighted by Gasteiger charge is -2.05. The van der Waals surface area contributed by atoms with Crippen LogP contribution in [-0.4, -0.2) is 15.9 Å². The van der Waals surface area contributed by atoms with Crippen molar-refractivity contribution in [2.24, 2.45) is 0 Å². The summed E-state index contributed by atoms with van der Waals surface area (Å²) in [5.74, 6) is 0.0372. The molecule has 3 N–H and O–H groups in total. The molecule has 0 aliphatic carbocycles. The van der Waals surface area contributed by atoms with Gasteiger partial charge in [0, 0.05) is 12.1 Å². The van der Waals surface area contributed by atoms with Gasteiger partial charge in [-0.05, 0) is 24.6 Å². The molecule has 0 saturated carbocycles. The van der Waals surface area contributed by atoms with Crippen molar-refractivity contribution in [3.63, 3.8) is 0 Å². The van der Waals surface area contributed by atoms with Crippen molar-refractivity contribution in [3.05, 3.63) is 28.7 Å². The van der Waals surface area contributed by atoms with Crippen molar-refractivity contribution in [1.29, 1.82) is 0 Å². The molecule has 2 aromatic rings. The van der Waals surface area contributed by atoms with Gasteiger partial charge in [-0.3, -0.25) is 4.79 Å². The molecule has 1 amide bonds. The highest BCUT2D eigenvalue weighted by atomic mass is 16.1. The third kappa shape index (κ3) is 6.22. The van der Waals surface area contributed by atoms with Crippen molar-refractivity contribution < 1.29 is 4.79 Å². The molecule has 0 atom stereocenters. The van der Waals surface area contributed by atoms with Crippen LogP contribution < -0.4 is 11.0 Å². The van der Waals surface area contributed by atoms with Crippen LogP contribution in [0.1, 0.15) is 71.1 Å². The van der Waals surface area contributed by atoms with E-state index in [9.17, 15) is 9.59 Å². The monoisotopic (exact) mass is 331 g/mol. The Balaban J connectivity index is 1.60. The topological polar surface area (TPSA) is 77.8 Å². The molecule has 0 unspecified atom stereocenters. The van der Waals surface area contributed by atoms with Crippen molar-refractivity contribution in [3.8, 4) is 0 Å². The first-order chi connectivity index (χ1) is 11.7. The number of imidazole rings is 1. The molecule has 0 aliphatic heterocycles. The number of rotatable bonds is 11. The van der Waals surface area contributed by atoms with Crippen LogP contribution in [0.5, 0.6) is 0 Å². The fourth-order valence-electron chi connectivity index (χ4n) is 2.93. The minimum absolute atomic E-state index is 0.0372. The van der Waals surface area contributed by atoms with E-state index in [0.29, 0.717) is 11.9 Å². The predicted molar refractivity (Wildman–Crippen MR) is 99.4 cm³/mol. The molecule has 1 heterocycles. The second-order valence-corrected chi connectivity index (χ2v) is 6.47. The van der Waals surface area contributed by atoms with Crippen molar-refractivity contribution in [2.45, 2.75) is 71.1 Å². The van der Waals surface area contributed by atoms with Crippen LogP contribution in [-0.2, 0) is 4.79 Å². The number of amides is 1. The van der Waals surface area contributed by atoms with Gasteiger partial charge in [0.15, 0.2) is 0 Å². The number of aromatic amines is 2. The Kier molecular flexibility index (Phi) is 7.59. The molecule has 1 aromatic heterocycles. The molecule has 5 nitrogen and oxygen atoms in total. The molecule has 0 aliphatic rings. The second kappa shape index (κ2) is 9.96. The van der Waals surface area contributed by atoms with Gasteiger partial charge in [0.1, 0.15) is 0 Å². The maximum absolute atomic E-state index is 12.0. The molecule has 0 saturated heterocycles. The molecule has 24 heavy (non-hydrogen) atoms. The summed E-state index contributed by atoms with van der Waals surface area (Å²) in [6.45, 7) is 2.24. The molecular formula is C19H29N3O2. The molecule has 1 aromatic carbocycles. The van der Waals surface area contributed by atoms with Gasteiger partial charge in [0.25, 0.3) is 0 Å². The van der Waals surface area contributed by atoms with Crippen molar-refractivity contribution >= 4 is 22.6 Å². The maximum atomic E-state index is 12.0. The summed E-state index contributed by atoms with van der Waals surface area (Å²) < 4.78 is 0.